The average Bonchev–Trinajstić information content (AvgIpc) is 2.45. The van der Waals surface area contributed by atoms with Crippen molar-refractivity contribution >= 4 is 23.7 Å². The summed E-state index contributed by atoms with van der Waals surface area (Å²) >= 11 is 1.78. The molecule has 2 N–H and O–H groups in total. The predicted molar refractivity (Wildman–Crippen MR) is 66.9 cm³/mol. The largest absolute Gasteiger partial charge is 0.314 e. The molecule has 0 aromatic carbocycles. The lowest BCUT2D eigenvalue weighted by molar-refractivity contribution is 0.273. The number of aryl methyl sites for hydroxylation is 1. The van der Waals surface area contributed by atoms with Crippen LogP contribution in [0.15, 0.2) is 6.20 Å². The van der Waals surface area contributed by atoms with Gasteiger partial charge in [-0.15, -0.1) is 23.7 Å². The Labute approximate surface area is 101 Å². The molecule has 3 nitrogen and oxygen atoms in total. The highest BCUT2D eigenvalue weighted by Gasteiger charge is 2.29. The molecule has 0 unspecified atom stereocenters. The number of aromatic nitrogens is 1. The molecule has 1 fully saturated rings. The molecule has 0 bridgehead atoms. The van der Waals surface area contributed by atoms with E-state index in [2.05, 4.69) is 36.4 Å². The first-order chi connectivity index (χ1) is 6.58. The molecule has 1 saturated heterocycles. The molecule has 0 aliphatic carbocycles. The second-order valence-corrected chi connectivity index (χ2v) is 5.64. The van der Waals surface area contributed by atoms with Crippen molar-refractivity contribution in [2.24, 2.45) is 0 Å². The summed E-state index contributed by atoms with van der Waals surface area (Å²) in [5.74, 6) is 0. The van der Waals surface area contributed by atoms with Gasteiger partial charge in [0.05, 0.1) is 5.54 Å². The fourth-order valence-corrected chi connectivity index (χ4v) is 2.44. The van der Waals surface area contributed by atoms with Gasteiger partial charge in [-0.25, -0.2) is 4.98 Å². The van der Waals surface area contributed by atoms with Gasteiger partial charge in [0, 0.05) is 30.2 Å². The van der Waals surface area contributed by atoms with E-state index in [1.807, 2.05) is 6.20 Å². The van der Waals surface area contributed by atoms with E-state index < -0.39 is 0 Å². The Morgan fingerprint density at radius 3 is 2.60 bits per heavy atom. The van der Waals surface area contributed by atoms with Gasteiger partial charge in [0.2, 0.25) is 0 Å². The van der Waals surface area contributed by atoms with Crippen molar-refractivity contribution in [2.45, 2.75) is 32.4 Å². The third kappa shape index (κ3) is 2.91. The molecule has 1 aliphatic rings. The van der Waals surface area contributed by atoms with Crippen LogP contribution in [0.4, 0.5) is 0 Å². The monoisotopic (exact) mass is 247 g/mol. The minimum Gasteiger partial charge on any atom is -0.314 e. The van der Waals surface area contributed by atoms with Crippen LogP contribution in [0, 0.1) is 6.92 Å². The minimum absolute atomic E-state index is 0. The van der Waals surface area contributed by atoms with Crippen molar-refractivity contribution in [3.05, 3.63) is 16.1 Å². The quantitative estimate of drug-likeness (QED) is 0.853. The summed E-state index contributed by atoms with van der Waals surface area (Å²) in [5, 5.41) is 8.05. The molecule has 0 amide bonds. The summed E-state index contributed by atoms with van der Waals surface area (Å²) in [7, 11) is 0. The van der Waals surface area contributed by atoms with Gasteiger partial charge in [0.1, 0.15) is 5.01 Å². The molecular formula is C10H18ClN3S. The molecule has 0 spiro atoms. The van der Waals surface area contributed by atoms with Gasteiger partial charge in [-0.1, -0.05) is 0 Å². The molecule has 86 valence electrons. The predicted octanol–water partition coefficient (Wildman–Crippen LogP) is 1.67. The number of nitrogens with one attached hydrogen (secondary N) is 2. The molecule has 0 radical (unpaired) electrons. The van der Waals surface area contributed by atoms with Crippen LogP contribution in [0.25, 0.3) is 0 Å². The standard InChI is InChI=1S/C10H17N3S.ClH/c1-7-4-12-9(14-7)10(2,3)13-8-5-11-6-8;/h4,8,11,13H,5-6H2,1-3H3;1H. The Bertz CT molecular complexity index is 320. The first-order valence-corrected chi connectivity index (χ1v) is 5.81. The van der Waals surface area contributed by atoms with Crippen LogP contribution < -0.4 is 10.6 Å². The van der Waals surface area contributed by atoms with Crippen LogP contribution in [0.5, 0.6) is 0 Å². The average molecular weight is 248 g/mol. The van der Waals surface area contributed by atoms with Gasteiger partial charge in [-0.2, -0.15) is 0 Å². The Balaban J connectivity index is 0.00000112. The van der Waals surface area contributed by atoms with E-state index in [1.54, 1.807) is 11.3 Å². The summed E-state index contributed by atoms with van der Waals surface area (Å²) in [6.07, 6.45) is 1.95. The van der Waals surface area contributed by atoms with Crippen LogP contribution in [0.2, 0.25) is 0 Å². The highest BCUT2D eigenvalue weighted by atomic mass is 35.5. The number of hydrogen-bond acceptors (Lipinski definition) is 4. The van der Waals surface area contributed by atoms with E-state index in [0.29, 0.717) is 6.04 Å². The van der Waals surface area contributed by atoms with Gasteiger partial charge in [-0.05, 0) is 20.8 Å². The maximum atomic E-state index is 4.43. The third-order valence-corrected chi connectivity index (χ3v) is 3.74. The van der Waals surface area contributed by atoms with E-state index in [9.17, 15) is 0 Å². The van der Waals surface area contributed by atoms with E-state index in [0.717, 1.165) is 13.1 Å². The Morgan fingerprint density at radius 1 is 1.53 bits per heavy atom. The zero-order chi connectivity index (χ0) is 10.2. The molecule has 0 saturated carbocycles. The summed E-state index contributed by atoms with van der Waals surface area (Å²) in [6, 6.07) is 0.606. The summed E-state index contributed by atoms with van der Waals surface area (Å²) in [6.45, 7) is 8.65. The normalized spacial score (nSPS) is 17.0. The molecule has 2 heterocycles. The lowest BCUT2D eigenvalue weighted by atomic mass is 10.0. The highest BCUT2D eigenvalue weighted by Crippen LogP contribution is 2.25. The van der Waals surface area contributed by atoms with Gasteiger partial charge < -0.3 is 10.6 Å². The molecule has 1 aromatic heterocycles. The number of nitrogens with zero attached hydrogens (tertiary/aromatic N) is 1. The topological polar surface area (TPSA) is 37.0 Å². The summed E-state index contributed by atoms with van der Waals surface area (Å²) < 4.78 is 0. The number of rotatable bonds is 3. The third-order valence-electron chi connectivity index (χ3n) is 2.50. The first-order valence-electron chi connectivity index (χ1n) is 4.99. The molecule has 0 atom stereocenters. The van der Waals surface area contributed by atoms with Crippen LogP contribution >= 0.6 is 23.7 Å². The van der Waals surface area contributed by atoms with Gasteiger partial charge in [-0.3, -0.25) is 0 Å². The molecule has 2 rings (SSSR count). The maximum absolute atomic E-state index is 4.43. The Kier molecular flexibility index (Phi) is 4.12. The fourth-order valence-electron chi connectivity index (χ4n) is 1.61. The lowest BCUT2D eigenvalue weighted by Gasteiger charge is -2.36. The molecule has 15 heavy (non-hydrogen) atoms. The van der Waals surface area contributed by atoms with Crippen LogP contribution in [-0.4, -0.2) is 24.1 Å². The summed E-state index contributed by atoms with van der Waals surface area (Å²) in [5.41, 5.74) is 0.00565. The SMILES string of the molecule is Cc1cnc(C(C)(C)NC2CNC2)s1.Cl. The number of halogens is 1. The minimum atomic E-state index is 0. The molecule has 1 aromatic rings. The van der Waals surface area contributed by atoms with Crippen LogP contribution in [0.1, 0.15) is 23.7 Å². The fraction of sp³-hybridized carbons (Fsp3) is 0.700. The summed E-state index contributed by atoms with van der Waals surface area (Å²) in [4.78, 5) is 5.71. The number of thiazole rings is 1. The van der Waals surface area contributed by atoms with Crippen molar-refractivity contribution in [3.8, 4) is 0 Å². The number of hydrogen-bond donors (Lipinski definition) is 2. The zero-order valence-electron chi connectivity index (χ0n) is 9.33. The highest BCUT2D eigenvalue weighted by molar-refractivity contribution is 7.11. The van der Waals surface area contributed by atoms with Crippen LogP contribution in [0.3, 0.4) is 0 Å². The molecule has 1 aliphatic heterocycles. The first kappa shape index (κ1) is 12.9. The van der Waals surface area contributed by atoms with Crippen molar-refractivity contribution < 1.29 is 0 Å². The van der Waals surface area contributed by atoms with E-state index in [-0.39, 0.29) is 17.9 Å². The zero-order valence-corrected chi connectivity index (χ0v) is 11.0. The van der Waals surface area contributed by atoms with Gasteiger partial charge in [0.15, 0.2) is 0 Å². The second kappa shape index (κ2) is 4.78. The second-order valence-electron chi connectivity index (χ2n) is 4.40. The van der Waals surface area contributed by atoms with E-state index in [4.69, 9.17) is 0 Å². The van der Waals surface area contributed by atoms with Crippen molar-refractivity contribution in [1.29, 1.82) is 0 Å². The van der Waals surface area contributed by atoms with E-state index >= 15 is 0 Å². The van der Waals surface area contributed by atoms with Gasteiger partial charge in [0.25, 0.3) is 0 Å². The molecular weight excluding hydrogens is 230 g/mol. The van der Waals surface area contributed by atoms with E-state index in [1.165, 1.54) is 9.88 Å². The van der Waals surface area contributed by atoms with Crippen molar-refractivity contribution in [1.82, 2.24) is 15.6 Å². The Hall–Kier alpha value is -0.160. The van der Waals surface area contributed by atoms with Crippen molar-refractivity contribution in [3.63, 3.8) is 0 Å². The Morgan fingerprint density at radius 2 is 2.20 bits per heavy atom. The van der Waals surface area contributed by atoms with Crippen molar-refractivity contribution in [2.75, 3.05) is 13.1 Å². The smallest absolute Gasteiger partial charge is 0.112 e. The lowest BCUT2D eigenvalue weighted by Crippen LogP contribution is -2.59. The maximum Gasteiger partial charge on any atom is 0.112 e. The van der Waals surface area contributed by atoms with Crippen LogP contribution in [-0.2, 0) is 5.54 Å². The molecule has 5 heteroatoms. The van der Waals surface area contributed by atoms with Gasteiger partial charge >= 0.3 is 0 Å².